The van der Waals surface area contributed by atoms with Gasteiger partial charge in [0, 0.05) is 17.5 Å². The maximum absolute atomic E-state index is 13.9. The molecule has 0 atom stereocenters. The van der Waals surface area contributed by atoms with Crippen LogP contribution in [0.1, 0.15) is 10.4 Å². The van der Waals surface area contributed by atoms with Gasteiger partial charge in [-0.2, -0.15) is 4.42 Å². The Kier molecular flexibility index (Phi) is 6.54. The van der Waals surface area contributed by atoms with Gasteiger partial charge in [-0.15, -0.1) is 0 Å². The van der Waals surface area contributed by atoms with E-state index in [0.717, 1.165) is 12.1 Å². The van der Waals surface area contributed by atoms with Gasteiger partial charge in [-0.3, -0.25) is 4.79 Å². The number of nitrogens with zero attached hydrogens (tertiary/aromatic N) is 1. The average molecular weight is 401 g/mol. The first-order valence-electron chi connectivity index (χ1n) is 7.13. The molecule has 0 aliphatic carbocycles. The van der Waals surface area contributed by atoms with Gasteiger partial charge in [0.15, 0.2) is 5.82 Å². The second-order valence-electron chi connectivity index (χ2n) is 4.86. The van der Waals surface area contributed by atoms with E-state index in [1.807, 2.05) is 0 Å². The highest BCUT2D eigenvalue weighted by molar-refractivity contribution is 6.34. The van der Waals surface area contributed by atoms with Crippen LogP contribution < -0.4 is 10.1 Å². The van der Waals surface area contributed by atoms with Crippen LogP contribution >= 0.6 is 23.4 Å². The number of ether oxygens (including phenoxy) is 1. The van der Waals surface area contributed by atoms with Crippen LogP contribution in [0.15, 0.2) is 49.1 Å². The number of carbonyl (C=O) groups excluding carboxylic acids is 2. The van der Waals surface area contributed by atoms with Gasteiger partial charge in [0.2, 0.25) is 0 Å². The van der Waals surface area contributed by atoms with Gasteiger partial charge >= 0.3 is 6.03 Å². The van der Waals surface area contributed by atoms with Crippen LogP contribution in [0.25, 0.3) is 0 Å². The highest BCUT2D eigenvalue weighted by Crippen LogP contribution is 2.24. The first-order chi connectivity index (χ1) is 12.3. The van der Waals surface area contributed by atoms with Crippen LogP contribution in [0.3, 0.4) is 0 Å². The number of carbonyl (C=O) groups is 2. The van der Waals surface area contributed by atoms with Crippen molar-refractivity contribution in [2.45, 2.75) is 0 Å². The number of amides is 3. The molecule has 0 saturated carbocycles. The zero-order valence-electron chi connectivity index (χ0n) is 13.1. The lowest BCUT2D eigenvalue weighted by Crippen LogP contribution is -2.33. The number of urea groups is 1. The molecule has 5 nitrogen and oxygen atoms in total. The molecule has 0 fully saturated rings. The molecule has 1 N–H and O–H groups in total. The van der Waals surface area contributed by atoms with Crippen molar-refractivity contribution in [2.75, 3.05) is 11.9 Å². The number of benzene rings is 2. The smallest absolute Gasteiger partial charge is 0.343 e. The van der Waals surface area contributed by atoms with Crippen molar-refractivity contribution in [3.8, 4) is 5.75 Å². The van der Waals surface area contributed by atoms with Crippen molar-refractivity contribution in [1.29, 1.82) is 0 Å². The fraction of sp³-hybridized carbons (Fsp3) is 0.0588. The zero-order valence-corrected chi connectivity index (χ0v) is 14.7. The fourth-order valence-electron chi connectivity index (χ4n) is 1.88. The average Bonchev–Trinajstić information content (AvgIpc) is 2.63. The summed E-state index contributed by atoms with van der Waals surface area (Å²) in [5.41, 5.74) is -0.748. The van der Waals surface area contributed by atoms with E-state index in [0.29, 0.717) is 12.4 Å². The molecule has 2 aromatic carbocycles. The Morgan fingerprint density at radius 2 is 1.85 bits per heavy atom. The molecule has 9 heteroatoms. The number of imide groups is 1. The summed E-state index contributed by atoms with van der Waals surface area (Å²) in [5.74, 6) is -3.37. The summed E-state index contributed by atoms with van der Waals surface area (Å²) in [7, 11) is 0. The normalized spacial score (nSPS) is 10.2. The molecule has 0 bridgehead atoms. The predicted molar refractivity (Wildman–Crippen MR) is 94.5 cm³/mol. The Labute approximate surface area is 157 Å². The molecule has 136 valence electrons. The molecule has 2 aromatic rings. The van der Waals surface area contributed by atoms with Gasteiger partial charge in [-0.05, 0) is 36.4 Å². The maximum Gasteiger partial charge on any atom is 0.343 e. The Morgan fingerprint density at radius 3 is 2.46 bits per heavy atom. The summed E-state index contributed by atoms with van der Waals surface area (Å²) >= 11 is 11.1. The van der Waals surface area contributed by atoms with E-state index in [4.69, 9.17) is 28.1 Å². The third kappa shape index (κ3) is 4.50. The van der Waals surface area contributed by atoms with Gasteiger partial charge < -0.3 is 10.1 Å². The lowest BCUT2D eigenvalue weighted by Gasteiger charge is -2.15. The van der Waals surface area contributed by atoms with E-state index >= 15 is 0 Å². The molecule has 26 heavy (non-hydrogen) atoms. The minimum Gasteiger partial charge on any atom is -0.490 e. The third-order valence-corrected chi connectivity index (χ3v) is 3.69. The first kappa shape index (κ1) is 19.7. The standard InChI is InChI=1S/C17H12Cl2F2N2O3/c1-2-9-26-11-5-3-10(4-6-11)22-17(25)23(19)16(24)14-13(20)8-7-12(18)15(14)21/h2-8H,1,9H2,(H,22,25). The van der Waals surface area contributed by atoms with E-state index in [9.17, 15) is 18.4 Å². The molecule has 0 unspecified atom stereocenters. The number of nitrogens with one attached hydrogen (secondary N) is 1. The molecule has 0 aliphatic rings. The summed E-state index contributed by atoms with van der Waals surface area (Å²) in [6.45, 7) is 3.83. The van der Waals surface area contributed by atoms with E-state index in [1.165, 1.54) is 12.1 Å². The van der Waals surface area contributed by atoms with Gasteiger partial charge in [0.05, 0.1) is 5.02 Å². The maximum atomic E-state index is 13.9. The second-order valence-corrected chi connectivity index (χ2v) is 5.60. The van der Waals surface area contributed by atoms with Crippen LogP contribution in [-0.4, -0.2) is 23.0 Å². The van der Waals surface area contributed by atoms with Gasteiger partial charge in [-0.25, -0.2) is 13.6 Å². The first-order valence-corrected chi connectivity index (χ1v) is 7.85. The van der Waals surface area contributed by atoms with Crippen LogP contribution in [0.2, 0.25) is 5.02 Å². The lowest BCUT2D eigenvalue weighted by molar-refractivity contribution is 0.0884. The van der Waals surface area contributed by atoms with Gasteiger partial charge in [0.25, 0.3) is 5.91 Å². The largest absolute Gasteiger partial charge is 0.490 e. The third-order valence-electron chi connectivity index (χ3n) is 3.09. The molecule has 0 radical (unpaired) electrons. The SMILES string of the molecule is C=CCOc1ccc(NC(=O)N(Cl)C(=O)c2c(F)ccc(Cl)c2F)cc1. The number of anilines is 1. The highest BCUT2D eigenvalue weighted by atomic mass is 35.5. The van der Waals surface area contributed by atoms with E-state index in [1.54, 1.807) is 18.2 Å². The van der Waals surface area contributed by atoms with Crippen LogP contribution in [0.4, 0.5) is 19.3 Å². The summed E-state index contributed by atoms with van der Waals surface area (Å²) < 4.78 is 32.9. The van der Waals surface area contributed by atoms with Crippen LogP contribution in [0, 0.1) is 11.6 Å². The Hall–Kier alpha value is -2.64. The minimum absolute atomic E-state index is 0.0277. The van der Waals surface area contributed by atoms with Crippen LogP contribution in [0.5, 0.6) is 5.75 Å². The summed E-state index contributed by atoms with van der Waals surface area (Å²) in [6.07, 6.45) is 1.57. The number of rotatable bonds is 5. The molecular weight excluding hydrogens is 389 g/mol. The topological polar surface area (TPSA) is 58.6 Å². The predicted octanol–water partition coefficient (Wildman–Crippen LogP) is 5.01. The number of hydrogen-bond donors (Lipinski definition) is 1. The fourth-order valence-corrected chi connectivity index (χ4v) is 2.16. The zero-order chi connectivity index (χ0) is 19.3. The quantitative estimate of drug-likeness (QED) is 0.435. The van der Waals surface area contributed by atoms with Crippen molar-refractivity contribution < 1.29 is 23.1 Å². The van der Waals surface area contributed by atoms with Crippen molar-refractivity contribution in [3.05, 3.63) is 71.3 Å². The Morgan fingerprint density at radius 1 is 1.19 bits per heavy atom. The highest BCUT2D eigenvalue weighted by Gasteiger charge is 2.28. The van der Waals surface area contributed by atoms with E-state index < -0.39 is 34.2 Å². The molecule has 0 aliphatic heterocycles. The second kappa shape index (κ2) is 8.64. The molecule has 0 heterocycles. The summed E-state index contributed by atoms with van der Waals surface area (Å²) in [6, 6.07) is 6.75. The van der Waals surface area contributed by atoms with Gasteiger partial charge in [-0.1, -0.05) is 24.3 Å². The Bertz CT molecular complexity index is 845. The van der Waals surface area contributed by atoms with Crippen molar-refractivity contribution in [2.24, 2.45) is 0 Å². The van der Waals surface area contributed by atoms with Gasteiger partial charge in [0.1, 0.15) is 23.7 Å². The number of hydrogen-bond acceptors (Lipinski definition) is 3. The number of halogens is 4. The summed E-state index contributed by atoms with van der Waals surface area (Å²) in [4.78, 5) is 24.1. The molecule has 2 rings (SSSR count). The molecule has 0 aromatic heterocycles. The molecule has 3 amide bonds. The molecular formula is C17H12Cl2F2N2O3. The molecule has 0 saturated heterocycles. The monoisotopic (exact) mass is 400 g/mol. The summed E-state index contributed by atoms with van der Waals surface area (Å²) in [5, 5.41) is 1.83. The lowest BCUT2D eigenvalue weighted by atomic mass is 10.2. The van der Waals surface area contributed by atoms with Crippen molar-refractivity contribution >= 4 is 41.0 Å². The van der Waals surface area contributed by atoms with E-state index in [-0.39, 0.29) is 10.1 Å². The minimum atomic E-state index is -1.40. The van der Waals surface area contributed by atoms with Crippen molar-refractivity contribution in [3.63, 3.8) is 0 Å². The molecule has 0 spiro atoms. The Balaban J connectivity index is 2.11. The van der Waals surface area contributed by atoms with Crippen molar-refractivity contribution in [1.82, 2.24) is 4.42 Å². The van der Waals surface area contributed by atoms with Crippen LogP contribution in [-0.2, 0) is 0 Å². The van der Waals surface area contributed by atoms with E-state index in [2.05, 4.69) is 11.9 Å².